The SMILES string of the molecule is COc1ccc(C(=O)N2CCOCC2CBr)c(OC)c1. The third-order valence-corrected chi connectivity index (χ3v) is 4.05. The van der Waals surface area contributed by atoms with Crippen LogP contribution in [0.3, 0.4) is 0 Å². The highest BCUT2D eigenvalue weighted by Gasteiger charge is 2.29. The monoisotopic (exact) mass is 343 g/mol. The lowest BCUT2D eigenvalue weighted by Gasteiger charge is -2.34. The Hall–Kier alpha value is -1.27. The zero-order valence-electron chi connectivity index (χ0n) is 11.6. The van der Waals surface area contributed by atoms with E-state index in [1.165, 1.54) is 0 Å². The van der Waals surface area contributed by atoms with Gasteiger partial charge in [-0.3, -0.25) is 4.79 Å². The van der Waals surface area contributed by atoms with Crippen molar-refractivity contribution >= 4 is 21.8 Å². The number of hydrogen-bond donors (Lipinski definition) is 0. The molecule has 20 heavy (non-hydrogen) atoms. The van der Waals surface area contributed by atoms with Gasteiger partial charge in [-0.25, -0.2) is 0 Å². The van der Waals surface area contributed by atoms with Crippen LogP contribution in [0.15, 0.2) is 18.2 Å². The number of ether oxygens (including phenoxy) is 3. The molecule has 1 atom stereocenters. The van der Waals surface area contributed by atoms with E-state index < -0.39 is 0 Å². The highest BCUT2D eigenvalue weighted by atomic mass is 79.9. The second-order valence-corrected chi connectivity index (χ2v) is 5.10. The van der Waals surface area contributed by atoms with Crippen molar-refractivity contribution in [1.82, 2.24) is 4.90 Å². The quantitative estimate of drug-likeness (QED) is 0.784. The van der Waals surface area contributed by atoms with E-state index in [-0.39, 0.29) is 11.9 Å². The average Bonchev–Trinajstić information content (AvgIpc) is 2.53. The van der Waals surface area contributed by atoms with Crippen LogP contribution in [0.25, 0.3) is 0 Å². The molecule has 1 amide bonds. The van der Waals surface area contributed by atoms with Crippen LogP contribution in [0.2, 0.25) is 0 Å². The average molecular weight is 344 g/mol. The lowest BCUT2D eigenvalue weighted by atomic mass is 10.1. The molecule has 2 rings (SSSR count). The van der Waals surface area contributed by atoms with Gasteiger partial charge < -0.3 is 19.1 Å². The van der Waals surface area contributed by atoms with E-state index in [9.17, 15) is 4.79 Å². The number of methoxy groups -OCH3 is 2. The van der Waals surface area contributed by atoms with Gasteiger partial charge in [-0.1, -0.05) is 15.9 Å². The van der Waals surface area contributed by atoms with Crippen LogP contribution in [0.4, 0.5) is 0 Å². The summed E-state index contributed by atoms with van der Waals surface area (Å²) in [6.45, 7) is 1.70. The van der Waals surface area contributed by atoms with Gasteiger partial charge in [0.05, 0.1) is 39.0 Å². The summed E-state index contributed by atoms with van der Waals surface area (Å²) in [7, 11) is 3.13. The van der Waals surface area contributed by atoms with E-state index in [1.807, 2.05) is 4.90 Å². The van der Waals surface area contributed by atoms with Gasteiger partial charge in [0, 0.05) is 17.9 Å². The second kappa shape index (κ2) is 6.95. The van der Waals surface area contributed by atoms with Gasteiger partial charge in [-0.15, -0.1) is 0 Å². The molecule has 1 unspecified atom stereocenters. The molecule has 0 aliphatic carbocycles. The summed E-state index contributed by atoms with van der Waals surface area (Å²) in [5.41, 5.74) is 0.543. The third-order valence-electron chi connectivity index (χ3n) is 3.31. The van der Waals surface area contributed by atoms with Crippen molar-refractivity contribution in [3.8, 4) is 11.5 Å². The Morgan fingerprint density at radius 1 is 1.45 bits per heavy atom. The smallest absolute Gasteiger partial charge is 0.258 e. The number of rotatable bonds is 4. The summed E-state index contributed by atoms with van der Waals surface area (Å²) in [5.74, 6) is 1.14. The Morgan fingerprint density at radius 2 is 2.25 bits per heavy atom. The zero-order chi connectivity index (χ0) is 14.5. The third kappa shape index (κ3) is 3.07. The number of nitrogens with zero attached hydrogens (tertiary/aromatic N) is 1. The first-order valence-corrected chi connectivity index (χ1v) is 7.50. The normalized spacial score (nSPS) is 18.8. The molecular weight excluding hydrogens is 326 g/mol. The van der Waals surface area contributed by atoms with Gasteiger partial charge in [0.15, 0.2) is 0 Å². The van der Waals surface area contributed by atoms with E-state index in [1.54, 1.807) is 32.4 Å². The maximum absolute atomic E-state index is 12.7. The molecule has 0 N–H and O–H groups in total. The summed E-state index contributed by atoms with van der Waals surface area (Å²) < 4.78 is 15.9. The van der Waals surface area contributed by atoms with Gasteiger partial charge in [0.2, 0.25) is 0 Å². The summed E-state index contributed by atoms with van der Waals surface area (Å²) in [6.07, 6.45) is 0. The van der Waals surface area contributed by atoms with Gasteiger partial charge in [0.1, 0.15) is 11.5 Å². The molecular formula is C14H18BrNO4. The van der Waals surface area contributed by atoms with Gasteiger partial charge in [0.25, 0.3) is 5.91 Å². The van der Waals surface area contributed by atoms with E-state index >= 15 is 0 Å². The number of hydrogen-bond acceptors (Lipinski definition) is 4. The minimum Gasteiger partial charge on any atom is -0.497 e. The van der Waals surface area contributed by atoms with Crippen molar-refractivity contribution in [3.05, 3.63) is 23.8 Å². The molecule has 6 heteroatoms. The molecule has 1 fully saturated rings. The molecule has 1 aromatic rings. The van der Waals surface area contributed by atoms with Crippen LogP contribution >= 0.6 is 15.9 Å². The number of halogens is 1. The van der Waals surface area contributed by atoms with Gasteiger partial charge in [-0.2, -0.15) is 0 Å². The first-order chi connectivity index (χ1) is 9.71. The van der Waals surface area contributed by atoms with Crippen molar-refractivity contribution in [1.29, 1.82) is 0 Å². The Bertz CT molecular complexity index is 480. The molecule has 1 heterocycles. The minimum absolute atomic E-state index is 0.0442. The largest absolute Gasteiger partial charge is 0.497 e. The maximum atomic E-state index is 12.7. The molecule has 0 saturated carbocycles. The van der Waals surface area contributed by atoms with Crippen LogP contribution in [0, 0.1) is 0 Å². The van der Waals surface area contributed by atoms with Crippen LogP contribution in [-0.4, -0.2) is 56.2 Å². The van der Waals surface area contributed by atoms with Crippen molar-refractivity contribution < 1.29 is 19.0 Å². The second-order valence-electron chi connectivity index (χ2n) is 4.45. The molecule has 0 aromatic heterocycles. The predicted octanol–water partition coefficient (Wildman–Crippen LogP) is 1.94. The summed E-state index contributed by atoms with van der Waals surface area (Å²) in [6, 6.07) is 5.26. The van der Waals surface area contributed by atoms with Crippen LogP contribution in [-0.2, 0) is 4.74 Å². The van der Waals surface area contributed by atoms with Gasteiger partial charge >= 0.3 is 0 Å². The van der Waals surface area contributed by atoms with Crippen molar-refractivity contribution in [3.63, 3.8) is 0 Å². The number of carbonyl (C=O) groups is 1. The molecule has 1 saturated heterocycles. The minimum atomic E-state index is -0.0442. The van der Waals surface area contributed by atoms with Crippen molar-refractivity contribution in [2.75, 3.05) is 39.3 Å². The highest BCUT2D eigenvalue weighted by Crippen LogP contribution is 2.27. The predicted molar refractivity (Wildman–Crippen MR) is 79.0 cm³/mol. The van der Waals surface area contributed by atoms with Crippen LogP contribution in [0.1, 0.15) is 10.4 Å². The summed E-state index contributed by atoms with van der Waals surface area (Å²) in [5, 5.41) is 0.692. The van der Waals surface area contributed by atoms with E-state index in [4.69, 9.17) is 14.2 Å². The van der Waals surface area contributed by atoms with Crippen LogP contribution < -0.4 is 9.47 Å². The molecule has 0 bridgehead atoms. The fraction of sp³-hybridized carbons (Fsp3) is 0.500. The fourth-order valence-corrected chi connectivity index (χ4v) is 2.72. The number of carbonyl (C=O) groups excluding carboxylic acids is 1. The van der Waals surface area contributed by atoms with Gasteiger partial charge in [-0.05, 0) is 12.1 Å². The van der Waals surface area contributed by atoms with Crippen LogP contribution in [0.5, 0.6) is 11.5 Å². The van der Waals surface area contributed by atoms with E-state index in [0.717, 1.165) is 0 Å². The Morgan fingerprint density at radius 3 is 2.90 bits per heavy atom. The zero-order valence-corrected chi connectivity index (χ0v) is 13.2. The van der Waals surface area contributed by atoms with E-state index in [0.29, 0.717) is 42.2 Å². The Kier molecular flexibility index (Phi) is 5.25. The number of amides is 1. The maximum Gasteiger partial charge on any atom is 0.258 e. The first kappa shape index (κ1) is 15.1. The first-order valence-electron chi connectivity index (χ1n) is 6.38. The fourth-order valence-electron chi connectivity index (χ4n) is 2.18. The van der Waals surface area contributed by atoms with E-state index in [2.05, 4.69) is 15.9 Å². The summed E-state index contributed by atoms with van der Waals surface area (Å²) >= 11 is 3.43. The lowest BCUT2D eigenvalue weighted by Crippen LogP contribution is -2.49. The summed E-state index contributed by atoms with van der Waals surface area (Å²) in [4.78, 5) is 14.5. The molecule has 0 spiro atoms. The van der Waals surface area contributed by atoms with Crippen molar-refractivity contribution in [2.24, 2.45) is 0 Å². The molecule has 1 aliphatic heterocycles. The molecule has 0 radical (unpaired) electrons. The molecule has 110 valence electrons. The highest BCUT2D eigenvalue weighted by molar-refractivity contribution is 9.09. The Labute approximate surface area is 126 Å². The lowest BCUT2D eigenvalue weighted by molar-refractivity contribution is 0.00509. The standard InChI is InChI=1S/C14H18BrNO4/c1-18-11-3-4-12(13(7-11)19-2)14(17)16-5-6-20-9-10(16)8-15/h3-4,7,10H,5-6,8-9H2,1-2H3. The number of morpholine rings is 1. The number of alkyl halides is 1. The molecule has 5 nitrogen and oxygen atoms in total. The Balaban J connectivity index is 2.27. The topological polar surface area (TPSA) is 48.0 Å². The molecule has 1 aromatic carbocycles. The molecule has 1 aliphatic rings. The van der Waals surface area contributed by atoms with Crippen molar-refractivity contribution in [2.45, 2.75) is 6.04 Å². The number of benzene rings is 1.